The number of hydrogen-bond acceptors (Lipinski definition) is 3. The molecule has 1 N–H and O–H groups in total. The Labute approximate surface area is 212 Å². The van der Waals surface area contributed by atoms with Crippen LogP contribution < -0.4 is 5.32 Å². The molecule has 0 aliphatic heterocycles. The lowest BCUT2D eigenvalue weighted by atomic mass is 10.0. The van der Waals surface area contributed by atoms with E-state index >= 15 is 0 Å². The maximum Gasteiger partial charge on any atom is 0.270 e. The smallest absolute Gasteiger partial charge is 0.270 e. The van der Waals surface area contributed by atoms with Gasteiger partial charge < -0.3 is 14.8 Å². The summed E-state index contributed by atoms with van der Waals surface area (Å²) in [5.41, 5.74) is 6.29. The first-order valence-corrected chi connectivity index (χ1v) is 12.4. The number of benzene rings is 3. The van der Waals surface area contributed by atoms with Crippen LogP contribution in [0, 0.1) is 0 Å². The topological polar surface area (TPSA) is 33.1 Å². The molecule has 0 saturated heterocycles. The van der Waals surface area contributed by atoms with Gasteiger partial charge in [0.2, 0.25) is 5.95 Å². The minimum atomic E-state index is -2.94. The van der Waals surface area contributed by atoms with Crippen molar-refractivity contribution in [1.82, 2.24) is 14.5 Å². The van der Waals surface area contributed by atoms with E-state index in [1.54, 1.807) is 18.2 Å². The van der Waals surface area contributed by atoms with Gasteiger partial charge in [0.05, 0.1) is 17.6 Å². The van der Waals surface area contributed by atoms with Crippen molar-refractivity contribution < 1.29 is 8.78 Å². The number of aryl methyl sites for hydroxylation is 1. The standard InChI is InChI=1S/C30H34F2N4/c1-6-18-35(5)21(3)23-14-17-28-27(19-23)34-29(33-25-15-12-22(7-2)13-16-25)36(28)20-24-10-8-9-11-26(24)30(4,31)32/h8-17,19H,3,6-7,18,20H2,1-2,4-5H3,(H,33,34). The molecule has 0 fully saturated rings. The highest BCUT2D eigenvalue weighted by molar-refractivity contribution is 5.83. The average Bonchev–Trinajstić information content (AvgIpc) is 3.19. The fourth-order valence-corrected chi connectivity index (χ4v) is 4.47. The Kier molecular flexibility index (Phi) is 7.43. The van der Waals surface area contributed by atoms with Crippen LogP contribution in [-0.2, 0) is 18.9 Å². The molecule has 0 unspecified atom stereocenters. The largest absolute Gasteiger partial charge is 0.375 e. The van der Waals surface area contributed by atoms with Gasteiger partial charge in [-0.1, -0.05) is 62.9 Å². The van der Waals surface area contributed by atoms with E-state index in [0.29, 0.717) is 11.5 Å². The minimum Gasteiger partial charge on any atom is -0.375 e. The monoisotopic (exact) mass is 488 g/mol. The lowest BCUT2D eigenvalue weighted by Crippen LogP contribution is -2.16. The summed E-state index contributed by atoms with van der Waals surface area (Å²) in [5.74, 6) is -2.33. The number of imidazole rings is 1. The third kappa shape index (κ3) is 5.43. The molecule has 0 amide bonds. The molecule has 1 aromatic heterocycles. The van der Waals surface area contributed by atoms with Gasteiger partial charge in [0, 0.05) is 37.5 Å². The second-order valence-electron chi connectivity index (χ2n) is 9.31. The first kappa shape index (κ1) is 25.4. The van der Waals surface area contributed by atoms with Crippen LogP contribution in [0.5, 0.6) is 0 Å². The van der Waals surface area contributed by atoms with Crippen LogP contribution in [0.3, 0.4) is 0 Å². The summed E-state index contributed by atoms with van der Waals surface area (Å²) >= 11 is 0. The number of nitrogens with zero attached hydrogens (tertiary/aromatic N) is 3. The fourth-order valence-electron chi connectivity index (χ4n) is 4.47. The van der Waals surface area contributed by atoms with Crippen molar-refractivity contribution >= 4 is 28.4 Å². The first-order valence-electron chi connectivity index (χ1n) is 12.4. The lowest BCUT2D eigenvalue weighted by Gasteiger charge is -2.21. The number of anilines is 2. The molecule has 4 rings (SSSR count). The van der Waals surface area contributed by atoms with Gasteiger partial charge in [-0.15, -0.1) is 0 Å². The maximum absolute atomic E-state index is 14.4. The molecule has 0 atom stereocenters. The Morgan fingerprint density at radius 1 is 1.06 bits per heavy atom. The number of hydrogen-bond donors (Lipinski definition) is 1. The molecule has 6 heteroatoms. The summed E-state index contributed by atoms with van der Waals surface area (Å²) in [4.78, 5) is 7.02. The molecule has 0 spiro atoms. The number of fused-ring (bicyclic) bond motifs is 1. The van der Waals surface area contributed by atoms with Crippen LogP contribution in [0.15, 0.2) is 73.3 Å². The molecular weight excluding hydrogens is 454 g/mol. The van der Waals surface area contributed by atoms with Crippen LogP contribution in [0.1, 0.15) is 49.4 Å². The predicted octanol–water partition coefficient (Wildman–Crippen LogP) is 7.81. The van der Waals surface area contributed by atoms with Crippen LogP contribution >= 0.6 is 0 Å². The Balaban J connectivity index is 1.79. The second-order valence-corrected chi connectivity index (χ2v) is 9.31. The molecule has 3 aromatic carbocycles. The van der Waals surface area contributed by atoms with E-state index in [0.717, 1.165) is 54.3 Å². The SMILES string of the molecule is C=C(c1ccc2c(c1)nc(Nc1ccc(CC)cc1)n2Cc1ccccc1C(C)(F)F)N(C)CCC. The van der Waals surface area contributed by atoms with E-state index in [2.05, 4.69) is 42.8 Å². The number of halogens is 2. The summed E-state index contributed by atoms with van der Waals surface area (Å²) in [6, 6.07) is 20.9. The van der Waals surface area contributed by atoms with Crippen molar-refractivity contribution in [2.75, 3.05) is 18.9 Å². The van der Waals surface area contributed by atoms with Gasteiger partial charge in [-0.2, -0.15) is 0 Å². The third-order valence-electron chi connectivity index (χ3n) is 6.54. The van der Waals surface area contributed by atoms with Crippen molar-refractivity contribution in [2.45, 2.75) is 46.1 Å². The fraction of sp³-hybridized carbons (Fsp3) is 0.300. The molecule has 4 nitrogen and oxygen atoms in total. The summed E-state index contributed by atoms with van der Waals surface area (Å²) in [7, 11) is 2.03. The van der Waals surface area contributed by atoms with E-state index in [4.69, 9.17) is 4.98 Å². The normalized spacial score (nSPS) is 11.6. The first-order chi connectivity index (χ1) is 17.2. The number of nitrogens with one attached hydrogen (secondary N) is 1. The zero-order valence-corrected chi connectivity index (χ0v) is 21.5. The van der Waals surface area contributed by atoms with Crippen LogP contribution in [-0.4, -0.2) is 28.0 Å². The number of aromatic nitrogens is 2. The van der Waals surface area contributed by atoms with Gasteiger partial charge in [0.15, 0.2) is 0 Å². The summed E-state index contributed by atoms with van der Waals surface area (Å²) in [6.07, 6.45) is 1.98. The summed E-state index contributed by atoms with van der Waals surface area (Å²) in [5, 5.41) is 3.41. The molecule has 4 aromatic rings. The van der Waals surface area contributed by atoms with E-state index in [-0.39, 0.29) is 12.1 Å². The molecule has 1 heterocycles. The van der Waals surface area contributed by atoms with Crippen molar-refractivity contribution in [1.29, 1.82) is 0 Å². The van der Waals surface area contributed by atoms with Crippen molar-refractivity contribution in [3.8, 4) is 0 Å². The van der Waals surface area contributed by atoms with E-state index < -0.39 is 5.92 Å². The van der Waals surface area contributed by atoms with Crippen molar-refractivity contribution in [3.63, 3.8) is 0 Å². The van der Waals surface area contributed by atoms with Crippen molar-refractivity contribution in [3.05, 3.63) is 95.6 Å². The molecule has 0 bridgehead atoms. The van der Waals surface area contributed by atoms with E-state index in [9.17, 15) is 8.78 Å². The Morgan fingerprint density at radius 2 is 1.78 bits per heavy atom. The third-order valence-corrected chi connectivity index (χ3v) is 6.54. The quantitative estimate of drug-likeness (QED) is 0.247. The van der Waals surface area contributed by atoms with Crippen LogP contribution in [0.25, 0.3) is 16.7 Å². The van der Waals surface area contributed by atoms with Crippen molar-refractivity contribution in [2.24, 2.45) is 0 Å². The van der Waals surface area contributed by atoms with Crippen LogP contribution in [0.4, 0.5) is 20.4 Å². The molecule has 188 valence electrons. The predicted molar refractivity (Wildman–Crippen MR) is 146 cm³/mol. The van der Waals surface area contributed by atoms with Gasteiger partial charge in [0.1, 0.15) is 0 Å². The average molecular weight is 489 g/mol. The Hall–Kier alpha value is -3.67. The van der Waals surface area contributed by atoms with Crippen LogP contribution in [0.2, 0.25) is 0 Å². The zero-order valence-electron chi connectivity index (χ0n) is 21.5. The highest BCUT2D eigenvalue weighted by Gasteiger charge is 2.27. The molecule has 0 saturated carbocycles. The second kappa shape index (κ2) is 10.5. The molecule has 0 aliphatic rings. The van der Waals surface area contributed by atoms with Gasteiger partial charge >= 0.3 is 0 Å². The zero-order chi connectivity index (χ0) is 25.9. The van der Waals surface area contributed by atoms with E-state index in [1.807, 2.05) is 41.9 Å². The van der Waals surface area contributed by atoms with Gasteiger partial charge in [0.25, 0.3) is 5.92 Å². The highest BCUT2D eigenvalue weighted by Crippen LogP contribution is 2.33. The van der Waals surface area contributed by atoms with Gasteiger partial charge in [-0.25, -0.2) is 13.8 Å². The van der Waals surface area contributed by atoms with Gasteiger partial charge in [-0.3, -0.25) is 0 Å². The minimum absolute atomic E-state index is 0.0243. The van der Waals surface area contributed by atoms with Gasteiger partial charge in [-0.05, 0) is 53.8 Å². The Bertz CT molecular complexity index is 1350. The Morgan fingerprint density at radius 3 is 2.44 bits per heavy atom. The number of alkyl halides is 2. The van der Waals surface area contributed by atoms with E-state index in [1.165, 1.54) is 11.6 Å². The number of rotatable bonds is 10. The molecular formula is C30H34F2N4. The molecule has 36 heavy (non-hydrogen) atoms. The molecule has 0 radical (unpaired) electrons. The summed E-state index contributed by atoms with van der Waals surface area (Å²) in [6.45, 7) is 10.6. The summed E-state index contributed by atoms with van der Waals surface area (Å²) < 4.78 is 30.8. The highest BCUT2D eigenvalue weighted by atomic mass is 19.3. The molecule has 0 aliphatic carbocycles. The lowest BCUT2D eigenvalue weighted by molar-refractivity contribution is 0.0165. The maximum atomic E-state index is 14.4.